The minimum Gasteiger partial charge on any atom is -0.495 e. The number of aliphatic imine (C=N–C) groups is 1. The third-order valence-corrected chi connectivity index (χ3v) is 8.04. The van der Waals surface area contributed by atoms with E-state index in [1.807, 2.05) is 59.5 Å². The number of para-hydroxylation sites is 2. The lowest BCUT2D eigenvalue weighted by Gasteiger charge is -2.26. The number of carbonyl (C=O) groups excluding carboxylic acids is 1. The summed E-state index contributed by atoms with van der Waals surface area (Å²) in [4.78, 5) is 18.8. The lowest BCUT2D eigenvalue weighted by atomic mass is 10.1. The van der Waals surface area contributed by atoms with Crippen molar-refractivity contribution in [2.45, 2.75) is 17.7 Å². The highest BCUT2D eigenvalue weighted by Gasteiger charge is 2.50. The first-order valence-electron chi connectivity index (χ1n) is 8.91. The van der Waals surface area contributed by atoms with E-state index in [1.165, 1.54) is 11.8 Å². The van der Waals surface area contributed by atoms with Crippen LogP contribution >= 0.6 is 11.8 Å². The highest BCUT2D eigenvalue weighted by Crippen LogP contribution is 2.43. The number of benzene rings is 2. The molecule has 2 heterocycles. The average molecular weight is 417 g/mol. The minimum atomic E-state index is -3.11. The van der Waals surface area contributed by atoms with E-state index in [-0.39, 0.29) is 35.1 Å². The van der Waals surface area contributed by atoms with Crippen LogP contribution in [0.15, 0.2) is 59.6 Å². The highest BCUT2D eigenvalue weighted by molar-refractivity contribution is 8.16. The fourth-order valence-electron chi connectivity index (χ4n) is 3.59. The van der Waals surface area contributed by atoms with Crippen LogP contribution in [0, 0.1) is 0 Å². The molecule has 0 spiro atoms. The Bertz CT molecular complexity index is 1020. The van der Waals surface area contributed by atoms with E-state index < -0.39 is 9.84 Å². The van der Waals surface area contributed by atoms with Gasteiger partial charge < -0.3 is 9.64 Å². The van der Waals surface area contributed by atoms with Crippen molar-refractivity contribution in [3.05, 3.63) is 60.2 Å². The first-order valence-corrected chi connectivity index (χ1v) is 11.6. The maximum atomic E-state index is 12.6. The molecule has 0 saturated carbocycles. The van der Waals surface area contributed by atoms with Crippen molar-refractivity contribution in [1.82, 2.24) is 0 Å². The van der Waals surface area contributed by atoms with Gasteiger partial charge in [-0.3, -0.25) is 4.79 Å². The number of ether oxygens (including phenoxy) is 1. The van der Waals surface area contributed by atoms with Gasteiger partial charge in [0, 0.05) is 5.25 Å². The van der Waals surface area contributed by atoms with Crippen LogP contribution in [0.3, 0.4) is 0 Å². The molecule has 6 nitrogen and oxygen atoms in total. The quantitative estimate of drug-likeness (QED) is 0.762. The van der Waals surface area contributed by atoms with Gasteiger partial charge in [-0.15, -0.1) is 0 Å². The van der Waals surface area contributed by atoms with Gasteiger partial charge in [0.25, 0.3) is 5.91 Å². The van der Waals surface area contributed by atoms with Gasteiger partial charge in [-0.1, -0.05) is 54.2 Å². The van der Waals surface area contributed by atoms with Crippen molar-refractivity contribution in [1.29, 1.82) is 0 Å². The highest BCUT2D eigenvalue weighted by atomic mass is 32.2. The van der Waals surface area contributed by atoms with E-state index in [2.05, 4.69) is 4.99 Å². The number of hydrogen-bond acceptors (Lipinski definition) is 5. The van der Waals surface area contributed by atoms with Crippen LogP contribution in [0.4, 0.5) is 5.69 Å². The molecule has 2 aromatic carbocycles. The maximum Gasteiger partial charge on any atom is 0.252 e. The van der Waals surface area contributed by atoms with Crippen molar-refractivity contribution >= 4 is 38.4 Å². The molecule has 2 aliphatic heterocycles. The Hall–Kier alpha value is -2.32. The van der Waals surface area contributed by atoms with Gasteiger partial charge in [-0.05, 0) is 17.7 Å². The number of methoxy groups -OCH3 is 1. The predicted molar refractivity (Wildman–Crippen MR) is 112 cm³/mol. The molecule has 4 rings (SSSR count). The molecule has 2 aliphatic rings. The number of nitrogens with zero attached hydrogens (tertiary/aromatic N) is 2. The molecule has 0 N–H and O–H groups in total. The molecule has 28 heavy (non-hydrogen) atoms. The van der Waals surface area contributed by atoms with Crippen LogP contribution in [0.1, 0.15) is 5.56 Å². The summed E-state index contributed by atoms with van der Waals surface area (Å²) in [6.45, 7) is 0. The average Bonchev–Trinajstić information content (AvgIpc) is 3.13. The summed E-state index contributed by atoms with van der Waals surface area (Å²) >= 11 is 1.36. The van der Waals surface area contributed by atoms with Crippen LogP contribution in [-0.4, -0.2) is 49.4 Å². The van der Waals surface area contributed by atoms with Gasteiger partial charge in [-0.2, -0.15) is 4.99 Å². The third-order valence-electron chi connectivity index (χ3n) is 4.83. The second-order valence-corrected chi connectivity index (χ2v) is 10.2. The molecule has 1 amide bonds. The number of carbonyl (C=O) groups is 1. The number of anilines is 1. The van der Waals surface area contributed by atoms with Gasteiger partial charge in [0.15, 0.2) is 15.0 Å². The van der Waals surface area contributed by atoms with E-state index in [4.69, 9.17) is 4.74 Å². The van der Waals surface area contributed by atoms with Crippen LogP contribution in [0.2, 0.25) is 0 Å². The van der Waals surface area contributed by atoms with Crippen molar-refractivity contribution in [2.75, 3.05) is 23.5 Å². The van der Waals surface area contributed by atoms with E-state index in [0.29, 0.717) is 10.9 Å². The Morgan fingerprint density at radius 1 is 1.14 bits per heavy atom. The molecule has 0 aliphatic carbocycles. The largest absolute Gasteiger partial charge is 0.495 e. The van der Waals surface area contributed by atoms with Gasteiger partial charge in [-0.25, -0.2) is 8.42 Å². The van der Waals surface area contributed by atoms with Crippen molar-refractivity contribution < 1.29 is 17.9 Å². The second kappa shape index (κ2) is 7.60. The molecule has 2 fully saturated rings. The van der Waals surface area contributed by atoms with E-state index in [0.717, 1.165) is 11.3 Å². The molecular formula is C20H20N2O4S2. The molecule has 8 heteroatoms. The standard InChI is InChI=1S/C20H20N2O4S2/c1-26-17-10-6-5-9-15(17)22-16-12-28(24,25)13-18(16)27-20(22)21-19(23)11-14-7-3-2-4-8-14/h2-10,16,18H,11-13H2,1H3/t16-,18+/m0/s1. The van der Waals surface area contributed by atoms with Crippen molar-refractivity contribution in [2.24, 2.45) is 4.99 Å². The normalized spacial score (nSPS) is 24.3. The predicted octanol–water partition coefficient (Wildman–Crippen LogP) is 2.54. The van der Waals surface area contributed by atoms with Crippen LogP contribution in [-0.2, 0) is 21.1 Å². The Balaban J connectivity index is 1.68. The number of thioether (sulfide) groups is 1. The second-order valence-electron chi connectivity index (χ2n) is 6.79. The molecule has 0 bridgehead atoms. The number of amidine groups is 1. The number of rotatable bonds is 4. The Morgan fingerprint density at radius 2 is 1.86 bits per heavy atom. The van der Waals surface area contributed by atoms with Crippen molar-refractivity contribution in [3.63, 3.8) is 0 Å². The topological polar surface area (TPSA) is 76.0 Å². The van der Waals surface area contributed by atoms with E-state index >= 15 is 0 Å². The minimum absolute atomic E-state index is 0.0502. The Labute approximate surface area is 168 Å². The lowest BCUT2D eigenvalue weighted by molar-refractivity contribution is -0.117. The summed E-state index contributed by atoms with van der Waals surface area (Å²) in [5.74, 6) is 0.516. The SMILES string of the molecule is COc1ccccc1N1C(=NC(=O)Cc2ccccc2)S[C@@H]2CS(=O)(=O)C[C@@H]21. The van der Waals surface area contributed by atoms with Crippen LogP contribution < -0.4 is 9.64 Å². The zero-order valence-corrected chi connectivity index (χ0v) is 16.9. The zero-order chi connectivity index (χ0) is 19.7. The van der Waals surface area contributed by atoms with Gasteiger partial charge in [0.2, 0.25) is 0 Å². The van der Waals surface area contributed by atoms with Crippen molar-refractivity contribution in [3.8, 4) is 5.75 Å². The van der Waals surface area contributed by atoms with Gasteiger partial charge in [0.05, 0.1) is 36.8 Å². The van der Waals surface area contributed by atoms with Crippen LogP contribution in [0.5, 0.6) is 5.75 Å². The summed E-state index contributed by atoms with van der Waals surface area (Å²) in [5.41, 5.74) is 1.62. The molecule has 2 saturated heterocycles. The Kier molecular flexibility index (Phi) is 5.16. The molecule has 146 valence electrons. The number of amides is 1. The molecule has 2 aromatic rings. The summed E-state index contributed by atoms with van der Waals surface area (Å²) < 4.78 is 29.8. The van der Waals surface area contributed by atoms with E-state index in [1.54, 1.807) is 7.11 Å². The van der Waals surface area contributed by atoms with Gasteiger partial charge in [0.1, 0.15) is 5.75 Å². The molecule has 0 radical (unpaired) electrons. The Morgan fingerprint density at radius 3 is 2.61 bits per heavy atom. The molecule has 2 atom stereocenters. The molecule has 0 aromatic heterocycles. The molecule has 0 unspecified atom stereocenters. The molecular weight excluding hydrogens is 396 g/mol. The summed E-state index contributed by atoms with van der Waals surface area (Å²) in [5, 5.41) is 0.397. The fraction of sp³-hybridized carbons (Fsp3) is 0.300. The number of fused-ring (bicyclic) bond motifs is 1. The summed E-state index contributed by atoms with van der Waals surface area (Å²) in [7, 11) is -1.54. The summed E-state index contributed by atoms with van der Waals surface area (Å²) in [6.07, 6.45) is 0.207. The smallest absolute Gasteiger partial charge is 0.252 e. The van der Waals surface area contributed by atoms with E-state index in [9.17, 15) is 13.2 Å². The zero-order valence-electron chi connectivity index (χ0n) is 15.3. The third kappa shape index (κ3) is 3.79. The first kappa shape index (κ1) is 19.0. The number of hydrogen-bond donors (Lipinski definition) is 0. The monoisotopic (exact) mass is 416 g/mol. The number of sulfone groups is 1. The van der Waals surface area contributed by atoms with Gasteiger partial charge >= 0.3 is 0 Å². The first-order chi connectivity index (χ1) is 13.5. The lowest BCUT2D eigenvalue weighted by Crippen LogP contribution is -2.38. The summed E-state index contributed by atoms with van der Waals surface area (Å²) in [6, 6.07) is 16.6. The van der Waals surface area contributed by atoms with Crippen LogP contribution in [0.25, 0.3) is 0 Å². The maximum absolute atomic E-state index is 12.6. The fourth-order valence-corrected chi connectivity index (χ4v) is 7.52.